The number of carboxylic acid groups (broad SMARTS) is 1. The Labute approximate surface area is 105 Å². The molecule has 0 aromatic heterocycles. The van der Waals surface area contributed by atoms with Crippen molar-refractivity contribution in [1.82, 2.24) is 0 Å². The van der Waals surface area contributed by atoms with Gasteiger partial charge >= 0.3 is 5.97 Å². The fourth-order valence-corrected chi connectivity index (χ4v) is 2.39. The molecular formula is C13H15ClO3. The lowest BCUT2D eigenvalue weighted by atomic mass is 9.90. The third-order valence-electron chi connectivity index (χ3n) is 3.18. The van der Waals surface area contributed by atoms with Crippen LogP contribution in [0.15, 0.2) is 18.2 Å². The van der Waals surface area contributed by atoms with Crippen molar-refractivity contribution in [3.8, 4) is 5.75 Å². The molecule has 2 rings (SSSR count). The van der Waals surface area contributed by atoms with Crippen molar-refractivity contribution in [3.63, 3.8) is 0 Å². The summed E-state index contributed by atoms with van der Waals surface area (Å²) in [6.07, 6.45) is 2.32. The quantitative estimate of drug-likeness (QED) is 0.877. The first-order chi connectivity index (χ1) is 8.11. The molecule has 0 radical (unpaired) electrons. The lowest BCUT2D eigenvalue weighted by molar-refractivity contribution is -0.137. The average molecular weight is 255 g/mol. The highest BCUT2D eigenvalue weighted by molar-refractivity contribution is 6.30. The van der Waals surface area contributed by atoms with E-state index >= 15 is 0 Å². The summed E-state index contributed by atoms with van der Waals surface area (Å²) in [5.41, 5.74) is 0.921. The van der Waals surface area contributed by atoms with Crippen molar-refractivity contribution >= 4 is 17.6 Å². The molecule has 1 fully saturated rings. The third kappa shape index (κ3) is 2.91. The maximum Gasteiger partial charge on any atom is 0.303 e. The number of benzene rings is 1. The van der Waals surface area contributed by atoms with Crippen LogP contribution in [0.5, 0.6) is 5.75 Å². The largest absolute Gasteiger partial charge is 0.496 e. The molecule has 1 aromatic carbocycles. The zero-order chi connectivity index (χ0) is 12.4. The van der Waals surface area contributed by atoms with Gasteiger partial charge in [0.05, 0.1) is 13.5 Å². The standard InChI is InChI=1S/C13H15ClO3/c1-17-12-5-4-9(14)6-11(12)10(7-13(15)16)8-2-3-8/h4-6,8,10H,2-3,7H2,1H3,(H,15,16). The predicted octanol–water partition coefficient (Wildman–Crippen LogP) is 3.32. The Balaban J connectivity index is 2.33. The minimum Gasteiger partial charge on any atom is -0.496 e. The van der Waals surface area contributed by atoms with E-state index in [9.17, 15) is 4.79 Å². The van der Waals surface area contributed by atoms with E-state index in [-0.39, 0.29) is 12.3 Å². The highest BCUT2D eigenvalue weighted by Crippen LogP contribution is 2.47. The number of aliphatic carboxylic acids is 1. The predicted molar refractivity (Wildman–Crippen MR) is 65.7 cm³/mol. The summed E-state index contributed by atoms with van der Waals surface area (Å²) in [5.74, 6) is 0.427. The molecule has 1 N–H and O–H groups in total. The van der Waals surface area contributed by atoms with Crippen LogP contribution in [0.2, 0.25) is 5.02 Å². The van der Waals surface area contributed by atoms with Crippen molar-refractivity contribution in [2.45, 2.75) is 25.2 Å². The number of rotatable bonds is 5. The van der Waals surface area contributed by atoms with Crippen LogP contribution in [0.1, 0.15) is 30.7 Å². The van der Waals surface area contributed by atoms with Gasteiger partial charge in [0.1, 0.15) is 5.75 Å². The van der Waals surface area contributed by atoms with Crippen LogP contribution in [0, 0.1) is 5.92 Å². The Morgan fingerprint density at radius 2 is 2.29 bits per heavy atom. The SMILES string of the molecule is COc1ccc(Cl)cc1C(CC(=O)O)C1CC1. The van der Waals surface area contributed by atoms with Gasteiger partial charge in [0.25, 0.3) is 0 Å². The maximum absolute atomic E-state index is 10.9. The van der Waals surface area contributed by atoms with Crippen molar-refractivity contribution in [1.29, 1.82) is 0 Å². The fourth-order valence-electron chi connectivity index (χ4n) is 2.21. The van der Waals surface area contributed by atoms with Crippen molar-refractivity contribution in [3.05, 3.63) is 28.8 Å². The molecule has 92 valence electrons. The van der Waals surface area contributed by atoms with Gasteiger partial charge < -0.3 is 9.84 Å². The number of halogens is 1. The molecule has 0 aliphatic heterocycles. The highest BCUT2D eigenvalue weighted by atomic mass is 35.5. The fraction of sp³-hybridized carbons (Fsp3) is 0.462. The molecule has 0 saturated heterocycles. The number of hydrogen-bond acceptors (Lipinski definition) is 2. The highest BCUT2D eigenvalue weighted by Gasteiger charge is 2.35. The van der Waals surface area contributed by atoms with Crippen LogP contribution < -0.4 is 4.74 Å². The topological polar surface area (TPSA) is 46.5 Å². The first-order valence-electron chi connectivity index (χ1n) is 5.67. The van der Waals surface area contributed by atoms with Gasteiger partial charge in [-0.2, -0.15) is 0 Å². The van der Waals surface area contributed by atoms with E-state index in [1.807, 2.05) is 6.07 Å². The Morgan fingerprint density at radius 1 is 1.59 bits per heavy atom. The summed E-state index contributed by atoms with van der Waals surface area (Å²) < 4.78 is 5.29. The van der Waals surface area contributed by atoms with Crippen molar-refractivity contribution in [2.75, 3.05) is 7.11 Å². The van der Waals surface area contributed by atoms with E-state index in [0.29, 0.717) is 10.9 Å². The minimum atomic E-state index is -0.774. The van der Waals surface area contributed by atoms with E-state index < -0.39 is 5.97 Å². The van der Waals surface area contributed by atoms with Gasteiger partial charge in [-0.3, -0.25) is 4.79 Å². The Hall–Kier alpha value is -1.22. The first kappa shape index (κ1) is 12.2. The van der Waals surface area contributed by atoms with Gasteiger partial charge in [-0.25, -0.2) is 0 Å². The lowest BCUT2D eigenvalue weighted by Crippen LogP contribution is -2.09. The second-order valence-corrected chi connectivity index (χ2v) is 4.86. The monoisotopic (exact) mass is 254 g/mol. The second kappa shape index (κ2) is 4.96. The molecule has 1 saturated carbocycles. The molecule has 0 amide bonds. The molecule has 0 heterocycles. The number of carboxylic acids is 1. The van der Waals surface area contributed by atoms with Gasteiger partial charge in [0.2, 0.25) is 0 Å². The third-order valence-corrected chi connectivity index (χ3v) is 3.41. The molecule has 1 aliphatic carbocycles. The average Bonchev–Trinajstić information content (AvgIpc) is 3.09. The molecule has 1 aliphatic rings. The van der Waals surface area contributed by atoms with Crippen molar-refractivity contribution < 1.29 is 14.6 Å². The smallest absolute Gasteiger partial charge is 0.303 e. The molecular weight excluding hydrogens is 240 g/mol. The van der Waals surface area contributed by atoms with Crippen LogP contribution >= 0.6 is 11.6 Å². The maximum atomic E-state index is 10.9. The Bertz CT molecular complexity index is 427. The van der Waals surface area contributed by atoms with Crippen LogP contribution in [-0.4, -0.2) is 18.2 Å². The van der Waals surface area contributed by atoms with Gasteiger partial charge in [-0.15, -0.1) is 0 Å². The Morgan fingerprint density at radius 3 is 2.82 bits per heavy atom. The van der Waals surface area contributed by atoms with Crippen LogP contribution in [-0.2, 0) is 4.79 Å². The zero-order valence-corrected chi connectivity index (χ0v) is 10.4. The number of hydrogen-bond donors (Lipinski definition) is 1. The van der Waals surface area contributed by atoms with E-state index in [1.54, 1.807) is 19.2 Å². The summed E-state index contributed by atoms with van der Waals surface area (Å²) in [5, 5.41) is 9.60. The minimum absolute atomic E-state index is 0.0150. The summed E-state index contributed by atoms with van der Waals surface area (Å²) >= 11 is 5.98. The molecule has 4 heteroatoms. The van der Waals surface area contributed by atoms with Crippen molar-refractivity contribution in [2.24, 2.45) is 5.92 Å². The molecule has 1 unspecified atom stereocenters. The van der Waals surface area contributed by atoms with E-state index in [2.05, 4.69) is 0 Å². The summed E-state index contributed by atoms with van der Waals surface area (Å²) in [6, 6.07) is 5.38. The molecule has 1 atom stereocenters. The van der Waals surface area contributed by atoms with E-state index in [4.69, 9.17) is 21.4 Å². The summed E-state index contributed by atoms with van der Waals surface area (Å²) in [6.45, 7) is 0. The number of methoxy groups -OCH3 is 1. The summed E-state index contributed by atoms with van der Waals surface area (Å²) in [7, 11) is 1.59. The summed E-state index contributed by atoms with van der Waals surface area (Å²) in [4.78, 5) is 10.9. The van der Waals surface area contributed by atoms with Gasteiger partial charge in [-0.1, -0.05) is 11.6 Å². The lowest BCUT2D eigenvalue weighted by Gasteiger charge is -2.18. The van der Waals surface area contributed by atoms with E-state index in [1.165, 1.54) is 0 Å². The molecule has 0 spiro atoms. The molecule has 3 nitrogen and oxygen atoms in total. The van der Waals surface area contributed by atoms with Gasteiger partial charge in [-0.05, 0) is 42.5 Å². The number of ether oxygens (including phenoxy) is 1. The first-order valence-corrected chi connectivity index (χ1v) is 6.05. The second-order valence-electron chi connectivity index (χ2n) is 4.43. The zero-order valence-electron chi connectivity index (χ0n) is 9.65. The molecule has 17 heavy (non-hydrogen) atoms. The van der Waals surface area contributed by atoms with Crippen LogP contribution in [0.4, 0.5) is 0 Å². The Kier molecular flexibility index (Phi) is 3.57. The van der Waals surface area contributed by atoms with E-state index in [0.717, 1.165) is 24.2 Å². The van der Waals surface area contributed by atoms with Gasteiger partial charge in [0.15, 0.2) is 0 Å². The van der Waals surface area contributed by atoms with Crippen LogP contribution in [0.3, 0.4) is 0 Å². The normalized spacial score (nSPS) is 16.6. The number of carbonyl (C=O) groups is 1. The van der Waals surface area contributed by atoms with Crippen LogP contribution in [0.25, 0.3) is 0 Å². The molecule has 0 bridgehead atoms. The van der Waals surface area contributed by atoms with Gasteiger partial charge in [0, 0.05) is 10.9 Å². The molecule has 1 aromatic rings.